The van der Waals surface area contributed by atoms with Gasteiger partial charge in [-0.3, -0.25) is 4.52 Å². The Hall–Kier alpha value is 0.0300. The fraction of sp³-hybridized carbons (Fsp3) is 1.00. The monoisotopic (exact) mass is 424 g/mol. The number of ether oxygens (including phenoxy) is 1. The molecule has 0 spiro atoms. The maximum atomic E-state index is 11.0. The van der Waals surface area contributed by atoms with Crippen LogP contribution in [0.3, 0.4) is 0 Å². The zero-order chi connectivity index (χ0) is 21.5. The van der Waals surface area contributed by atoms with E-state index in [4.69, 9.17) is 19.0 Å². The smallest absolute Gasteiger partial charge is 0.396 e. The van der Waals surface area contributed by atoms with Gasteiger partial charge in [-0.15, -0.1) is 0 Å². The van der Waals surface area contributed by atoms with E-state index in [9.17, 15) is 9.67 Å². The molecule has 0 radical (unpaired) electrons. The average Bonchev–Trinajstić information content (AvgIpc) is 2.67. The summed E-state index contributed by atoms with van der Waals surface area (Å²) in [5.41, 5.74) is 0.116. The summed E-state index contributed by atoms with van der Waals surface area (Å²) in [6.45, 7) is 10.4. The summed E-state index contributed by atoms with van der Waals surface area (Å²) < 4.78 is 21.5. The van der Waals surface area contributed by atoms with Gasteiger partial charge in [0.2, 0.25) is 0 Å². The predicted octanol–water partition coefficient (Wildman–Crippen LogP) is 5.45. The first-order valence-corrected chi connectivity index (χ1v) is 12.6. The van der Waals surface area contributed by atoms with Gasteiger partial charge in [-0.05, 0) is 55.8 Å². The Labute approximate surface area is 172 Å². The van der Waals surface area contributed by atoms with Crippen molar-refractivity contribution in [1.82, 2.24) is 0 Å². The van der Waals surface area contributed by atoms with Crippen molar-refractivity contribution in [2.75, 3.05) is 26.4 Å². The molecule has 0 aliphatic rings. The van der Waals surface area contributed by atoms with E-state index in [0.29, 0.717) is 0 Å². The quantitative estimate of drug-likeness (QED) is 0.188. The number of rotatable bonds is 19. The van der Waals surface area contributed by atoms with E-state index in [0.717, 1.165) is 83.8 Å². The molecule has 3 N–H and O–H groups in total. The fourth-order valence-corrected chi connectivity index (χ4v) is 4.37. The molecule has 0 aromatic rings. The number of unbranched alkanes of at least 4 members (excludes halogenated alkanes) is 2. The highest BCUT2D eigenvalue weighted by atomic mass is 31.2. The Bertz CT molecular complexity index is 415. The summed E-state index contributed by atoms with van der Waals surface area (Å²) in [6, 6.07) is 0. The molecule has 0 saturated heterocycles. The van der Waals surface area contributed by atoms with Gasteiger partial charge < -0.3 is 19.6 Å². The van der Waals surface area contributed by atoms with E-state index in [1.54, 1.807) is 0 Å². The lowest BCUT2D eigenvalue weighted by Gasteiger charge is -2.31. The highest BCUT2D eigenvalue weighted by Gasteiger charge is 2.29. The zero-order valence-corrected chi connectivity index (χ0v) is 19.5. The van der Waals surface area contributed by atoms with Crippen LogP contribution in [0.4, 0.5) is 0 Å². The molecule has 170 valence electrons. The maximum absolute atomic E-state index is 11.0. The molecule has 0 aromatic carbocycles. The van der Waals surface area contributed by atoms with Crippen molar-refractivity contribution in [3.05, 3.63) is 0 Å². The van der Waals surface area contributed by atoms with Gasteiger partial charge in [0.05, 0.1) is 6.61 Å². The second-order valence-corrected chi connectivity index (χ2v) is 9.42. The number of aliphatic hydroxyl groups is 1. The number of aliphatic hydroxyl groups excluding tert-OH is 1. The molecular formula is C21H45O6P. The Balaban J connectivity index is 3.96. The van der Waals surface area contributed by atoms with E-state index in [1.165, 1.54) is 0 Å². The number of phosphoric ester groups is 1. The molecule has 0 aliphatic heterocycles. The molecule has 0 aromatic heterocycles. The Kier molecular flexibility index (Phi) is 14.9. The largest absolute Gasteiger partial charge is 0.469 e. The van der Waals surface area contributed by atoms with Crippen molar-refractivity contribution in [1.29, 1.82) is 0 Å². The van der Waals surface area contributed by atoms with Crippen LogP contribution in [-0.2, 0) is 13.8 Å². The van der Waals surface area contributed by atoms with Crippen molar-refractivity contribution < 1.29 is 28.7 Å². The van der Waals surface area contributed by atoms with Gasteiger partial charge >= 0.3 is 7.82 Å². The number of hydrogen-bond acceptors (Lipinski definition) is 4. The second-order valence-electron chi connectivity index (χ2n) is 8.18. The minimum atomic E-state index is -4.41. The lowest BCUT2D eigenvalue weighted by molar-refractivity contribution is 0.0808. The van der Waals surface area contributed by atoms with Crippen molar-refractivity contribution in [3.63, 3.8) is 0 Å². The Morgan fingerprint density at radius 3 is 1.61 bits per heavy atom. The second kappa shape index (κ2) is 14.9. The van der Waals surface area contributed by atoms with Crippen LogP contribution in [0.5, 0.6) is 0 Å². The van der Waals surface area contributed by atoms with Crippen LogP contribution in [0.2, 0.25) is 0 Å². The summed E-state index contributed by atoms with van der Waals surface area (Å²) in [4.78, 5) is 17.9. The maximum Gasteiger partial charge on any atom is 0.469 e. The van der Waals surface area contributed by atoms with Crippen molar-refractivity contribution >= 4 is 7.82 Å². The number of phosphoric acid groups is 1. The molecule has 0 unspecified atom stereocenters. The summed E-state index contributed by atoms with van der Waals surface area (Å²) in [6.07, 6.45) is 11.0. The first-order chi connectivity index (χ1) is 13.2. The van der Waals surface area contributed by atoms with Gasteiger partial charge in [0, 0.05) is 19.8 Å². The topological polar surface area (TPSA) is 96.2 Å². The third kappa shape index (κ3) is 11.9. The predicted molar refractivity (Wildman–Crippen MR) is 114 cm³/mol. The average molecular weight is 425 g/mol. The first kappa shape index (κ1) is 28.0. The van der Waals surface area contributed by atoms with Gasteiger partial charge in [-0.1, -0.05) is 53.4 Å². The van der Waals surface area contributed by atoms with Crippen LogP contribution in [0.25, 0.3) is 0 Å². The lowest BCUT2D eigenvalue weighted by Crippen LogP contribution is -2.25. The van der Waals surface area contributed by atoms with Gasteiger partial charge in [0.25, 0.3) is 0 Å². The standard InChI is InChI=1S/C21H45O6P/c1-5-20(6-2,15-16-22)13-9-11-17-26-18-12-10-14-21(7-3,8-4)19-27-28(23,24)25/h22H,5-19H2,1-4H3,(H2,23,24,25). The first-order valence-electron chi connectivity index (χ1n) is 11.1. The van der Waals surface area contributed by atoms with Gasteiger partial charge in [-0.25, -0.2) is 4.57 Å². The lowest BCUT2D eigenvalue weighted by atomic mass is 9.75. The van der Waals surface area contributed by atoms with Gasteiger partial charge in [0.1, 0.15) is 0 Å². The minimum Gasteiger partial charge on any atom is -0.396 e. The van der Waals surface area contributed by atoms with Crippen LogP contribution in [-0.4, -0.2) is 41.3 Å². The normalized spacial score (nSPS) is 13.2. The molecule has 6 nitrogen and oxygen atoms in total. The van der Waals surface area contributed by atoms with E-state index < -0.39 is 7.82 Å². The number of hydrogen-bond donors (Lipinski definition) is 3. The third-order valence-electron chi connectivity index (χ3n) is 6.67. The summed E-state index contributed by atoms with van der Waals surface area (Å²) >= 11 is 0. The molecular weight excluding hydrogens is 379 g/mol. The van der Waals surface area contributed by atoms with Gasteiger partial charge in [-0.2, -0.15) is 0 Å². The molecule has 0 saturated carbocycles. The molecule has 0 rings (SSSR count). The molecule has 0 amide bonds. The Morgan fingerprint density at radius 2 is 1.21 bits per heavy atom. The Morgan fingerprint density at radius 1 is 0.750 bits per heavy atom. The van der Waals surface area contributed by atoms with E-state index >= 15 is 0 Å². The van der Waals surface area contributed by atoms with Crippen molar-refractivity contribution in [2.45, 2.75) is 98.3 Å². The van der Waals surface area contributed by atoms with Crippen LogP contribution >= 0.6 is 7.82 Å². The molecule has 0 heterocycles. The van der Waals surface area contributed by atoms with Crippen molar-refractivity contribution in [3.8, 4) is 0 Å². The van der Waals surface area contributed by atoms with Crippen LogP contribution < -0.4 is 0 Å². The molecule has 0 bridgehead atoms. The van der Waals surface area contributed by atoms with Crippen LogP contribution in [0.15, 0.2) is 0 Å². The molecule has 0 aliphatic carbocycles. The van der Waals surface area contributed by atoms with Crippen LogP contribution in [0, 0.1) is 10.8 Å². The highest BCUT2D eigenvalue weighted by Crippen LogP contribution is 2.42. The highest BCUT2D eigenvalue weighted by molar-refractivity contribution is 7.46. The SMILES string of the molecule is CCC(CC)(CCO)CCCCOCCCCC(CC)(CC)COP(=O)(O)O. The van der Waals surface area contributed by atoms with Crippen LogP contribution in [0.1, 0.15) is 98.3 Å². The zero-order valence-electron chi connectivity index (χ0n) is 18.6. The molecule has 7 heteroatoms. The van der Waals surface area contributed by atoms with E-state index in [1.807, 2.05) is 13.8 Å². The molecule has 0 fully saturated rings. The fourth-order valence-electron chi connectivity index (χ4n) is 3.93. The molecule has 0 atom stereocenters. The summed E-state index contributed by atoms with van der Waals surface area (Å²) in [7, 11) is -4.41. The molecule has 28 heavy (non-hydrogen) atoms. The third-order valence-corrected chi connectivity index (χ3v) is 7.14. The summed E-state index contributed by atoms with van der Waals surface area (Å²) in [5, 5.41) is 9.28. The van der Waals surface area contributed by atoms with E-state index in [-0.39, 0.29) is 24.0 Å². The summed E-state index contributed by atoms with van der Waals surface area (Å²) in [5.74, 6) is 0. The van der Waals surface area contributed by atoms with Gasteiger partial charge in [0.15, 0.2) is 0 Å². The van der Waals surface area contributed by atoms with E-state index in [2.05, 4.69) is 13.8 Å². The minimum absolute atomic E-state index is 0.107. The van der Waals surface area contributed by atoms with Crippen molar-refractivity contribution in [2.24, 2.45) is 10.8 Å².